The Morgan fingerprint density at radius 3 is 2.44 bits per heavy atom. The third kappa shape index (κ3) is 7.45. The molecule has 3 rings (SSSR count). The Labute approximate surface area is 202 Å². The first-order valence-electron chi connectivity index (χ1n) is 12.3. The molecule has 1 aromatic heterocycles. The lowest BCUT2D eigenvalue weighted by Gasteiger charge is -2.28. The number of ether oxygens (including phenoxy) is 1. The standard InChI is InChI=1S/C28H37N3O3/c1-3-4-15-27(32)30(17-10-19-34-2)22-28(33)31(21-23-11-6-5-7-12-23)18-16-24-20-29-26-14-9-8-13-25(24)26/h5-9,11-14,20,29H,3-4,10,15-19,21-22H2,1-2H3. The van der Waals surface area contributed by atoms with E-state index in [0.29, 0.717) is 32.7 Å². The number of benzene rings is 2. The molecule has 0 saturated heterocycles. The van der Waals surface area contributed by atoms with E-state index in [1.54, 1.807) is 12.0 Å². The van der Waals surface area contributed by atoms with Gasteiger partial charge in [0.05, 0.1) is 6.54 Å². The van der Waals surface area contributed by atoms with Gasteiger partial charge in [-0.05, 0) is 36.5 Å². The SMILES string of the molecule is CCCCC(=O)N(CCCOC)CC(=O)N(CCc1c[nH]c2ccccc12)Cc1ccccc1. The zero-order chi connectivity index (χ0) is 24.2. The van der Waals surface area contributed by atoms with Crippen LogP contribution in [0.25, 0.3) is 10.9 Å². The quantitative estimate of drug-likeness (QED) is 0.350. The topological polar surface area (TPSA) is 65.6 Å². The fourth-order valence-corrected chi connectivity index (χ4v) is 4.13. The number of nitrogens with zero attached hydrogens (tertiary/aromatic N) is 2. The third-order valence-corrected chi connectivity index (χ3v) is 6.09. The van der Waals surface area contributed by atoms with Gasteiger partial charge in [0.1, 0.15) is 0 Å². The lowest BCUT2D eigenvalue weighted by Crippen LogP contribution is -2.44. The van der Waals surface area contributed by atoms with Crippen LogP contribution in [-0.4, -0.2) is 59.9 Å². The van der Waals surface area contributed by atoms with Crippen molar-refractivity contribution in [3.8, 4) is 0 Å². The number of para-hydroxylation sites is 1. The van der Waals surface area contributed by atoms with Crippen molar-refractivity contribution in [1.29, 1.82) is 0 Å². The van der Waals surface area contributed by atoms with Crippen LogP contribution in [0.5, 0.6) is 0 Å². The van der Waals surface area contributed by atoms with Crippen LogP contribution in [0.4, 0.5) is 0 Å². The van der Waals surface area contributed by atoms with Crippen LogP contribution in [-0.2, 0) is 27.3 Å². The molecule has 0 bridgehead atoms. The van der Waals surface area contributed by atoms with Gasteiger partial charge in [0, 0.05) is 56.9 Å². The summed E-state index contributed by atoms with van der Waals surface area (Å²) in [7, 11) is 1.65. The number of carbonyl (C=O) groups is 2. The molecule has 182 valence electrons. The molecule has 0 unspecified atom stereocenters. The molecule has 0 saturated carbocycles. The van der Waals surface area contributed by atoms with Crippen molar-refractivity contribution in [2.75, 3.05) is 33.4 Å². The summed E-state index contributed by atoms with van der Waals surface area (Å²) in [5.41, 5.74) is 3.37. The monoisotopic (exact) mass is 463 g/mol. The van der Waals surface area contributed by atoms with Crippen LogP contribution in [0.15, 0.2) is 60.8 Å². The summed E-state index contributed by atoms with van der Waals surface area (Å²) in [6.07, 6.45) is 5.76. The molecule has 3 aromatic rings. The summed E-state index contributed by atoms with van der Waals surface area (Å²) < 4.78 is 5.16. The van der Waals surface area contributed by atoms with Crippen LogP contribution in [0.3, 0.4) is 0 Å². The molecular formula is C28H37N3O3. The maximum Gasteiger partial charge on any atom is 0.242 e. The van der Waals surface area contributed by atoms with Crippen molar-refractivity contribution < 1.29 is 14.3 Å². The van der Waals surface area contributed by atoms with Gasteiger partial charge in [-0.15, -0.1) is 0 Å². The van der Waals surface area contributed by atoms with E-state index in [1.807, 2.05) is 53.6 Å². The van der Waals surface area contributed by atoms with Crippen molar-refractivity contribution in [2.45, 2.75) is 45.6 Å². The van der Waals surface area contributed by atoms with E-state index in [4.69, 9.17) is 4.74 Å². The summed E-state index contributed by atoms with van der Waals surface area (Å²) in [5.74, 6) is 0.0218. The molecule has 0 fully saturated rings. The number of amides is 2. The molecule has 2 amide bonds. The highest BCUT2D eigenvalue weighted by atomic mass is 16.5. The van der Waals surface area contributed by atoms with E-state index in [9.17, 15) is 9.59 Å². The number of aromatic amines is 1. The molecular weight excluding hydrogens is 426 g/mol. The first kappa shape index (κ1) is 25.5. The molecule has 0 aliphatic rings. The second-order valence-electron chi connectivity index (χ2n) is 8.68. The van der Waals surface area contributed by atoms with E-state index in [2.05, 4.69) is 24.0 Å². The first-order valence-corrected chi connectivity index (χ1v) is 12.3. The van der Waals surface area contributed by atoms with E-state index in [0.717, 1.165) is 36.8 Å². The highest BCUT2D eigenvalue weighted by molar-refractivity contribution is 5.85. The van der Waals surface area contributed by atoms with Crippen LogP contribution in [0, 0.1) is 0 Å². The zero-order valence-electron chi connectivity index (χ0n) is 20.5. The molecule has 0 atom stereocenters. The minimum atomic E-state index is -0.0223. The Bertz CT molecular complexity index is 1030. The number of unbranched alkanes of at least 4 members (excludes halogenated alkanes) is 1. The Morgan fingerprint density at radius 1 is 0.912 bits per heavy atom. The second-order valence-corrected chi connectivity index (χ2v) is 8.68. The summed E-state index contributed by atoms with van der Waals surface area (Å²) in [6, 6.07) is 18.2. The lowest BCUT2D eigenvalue weighted by molar-refractivity contribution is -0.141. The number of nitrogens with one attached hydrogen (secondary N) is 1. The maximum absolute atomic E-state index is 13.5. The number of carbonyl (C=O) groups excluding carboxylic acids is 2. The number of methoxy groups -OCH3 is 1. The number of H-pyrrole nitrogens is 1. The Kier molecular flexibility index (Phi) is 10.2. The molecule has 1 N–H and O–H groups in total. The van der Waals surface area contributed by atoms with Gasteiger partial charge in [-0.25, -0.2) is 0 Å². The van der Waals surface area contributed by atoms with Gasteiger partial charge in [0.15, 0.2) is 0 Å². The minimum absolute atomic E-state index is 0.0223. The lowest BCUT2D eigenvalue weighted by atomic mass is 10.1. The highest BCUT2D eigenvalue weighted by Crippen LogP contribution is 2.19. The summed E-state index contributed by atoms with van der Waals surface area (Å²) >= 11 is 0. The second kappa shape index (κ2) is 13.6. The molecule has 0 aliphatic carbocycles. The summed E-state index contributed by atoms with van der Waals surface area (Å²) in [6.45, 7) is 4.39. The largest absolute Gasteiger partial charge is 0.385 e. The molecule has 6 nitrogen and oxygen atoms in total. The Hall–Kier alpha value is -3.12. The number of aromatic nitrogens is 1. The van der Waals surface area contributed by atoms with E-state index in [1.165, 1.54) is 10.9 Å². The molecule has 0 aliphatic heterocycles. The van der Waals surface area contributed by atoms with E-state index < -0.39 is 0 Å². The van der Waals surface area contributed by atoms with Crippen LogP contribution >= 0.6 is 0 Å². The van der Waals surface area contributed by atoms with Crippen LogP contribution < -0.4 is 0 Å². The highest BCUT2D eigenvalue weighted by Gasteiger charge is 2.21. The Morgan fingerprint density at radius 2 is 1.68 bits per heavy atom. The third-order valence-electron chi connectivity index (χ3n) is 6.09. The van der Waals surface area contributed by atoms with Crippen LogP contribution in [0.1, 0.15) is 43.7 Å². The predicted molar refractivity (Wildman–Crippen MR) is 136 cm³/mol. The molecule has 2 aromatic carbocycles. The van der Waals surface area contributed by atoms with Gasteiger partial charge in [-0.3, -0.25) is 9.59 Å². The van der Waals surface area contributed by atoms with Crippen molar-refractivity contribution in [3.05, 3.63) is 71.9 Å². The number of rotatable bonds is 14. The normalized spacial score (nSPS) is 11.0. The van der Waals surface area contributed by atoms with Gasteiger partial charge in [0.25, 0.3) is 0 Å². The van der Waals surface area contributed by atoms with Crippen molar-refractivity contribution >= 4 is 22.7 Å². The fraction of sp³-hybridized carbons (Fsp3) is 0.429. The molecule has 6 heteroatoms. The van der Waals surface area contributed by atoms with Gasteiger partial charge < -0.3 is 19.5 Å². The number of fused-ring (bicyclic) bond motifs is 1. The summed E-state index contributed by atoms with van der Waals surface area (Å²) in [4.78, 5) is 33.2. The average Bonchev–Trinajstić information content (AvgIpc) is 3.28. The van der Waals surface area contributed by atoms with Crippen molar-refractivity contribution in [3.63, 3.8) is 0 Å². The van der Waals surface area contributed by atoms with Gasteiger partial charge >= 0.3 is 0 Å². The predicted octanol–water partition coefficient (Wildman–Crippen LogP) is 4.79. The first-order chi connectivity index (χ1) is 16.6. The molecule has 0 radical (unpaired) electrons. The van der Waals surface area contributed by atoms with E-state index >= 15 is 0 Å². The van der Waals surface area contributed by atoms with Gasteiger partial charge in [-0.2, -0.15) is 0 Å². The minimum Gasteiger partial charge on any atom is -0.385 e. The number of hydrogen-bond acceptors (Lipinski definition) is 3. The zero-order valence-corrected chi connectivity index (χ0v) is 20.5. The fourth-order valence-electron chi connectivity index (χ4n) is 4.13. The molecule has 1 heterocycles. The van der Waals surface area contributed by atoms with Crippen molar-refractivity contribution in [1.82, 2.24) is 14.8 Å². The van der Waals surface area contributed by atoms with Gasteiger partial charge in [0.2, 0.25) is 11.8 Å². The van der Waals surface area contributed by atoms with Crippen LogP contribution in [0.2, 0.25) is 0 Å². The molecule has 34 heavy (non-hydrogen) atoms. The van der Waals surface area contributed by atoms with Gasteiger partial charge in [-0.1, -0.05) is 61.9 Å². The van der Waals surface area contributed by atoms with E-state index in [-0.39, 0.29) is 18.4 Å². The average molecular weight is 464 g/mol. The Balaban J connectivity index is 1.73. The summed E-state index contributed by atoms with van der Waals surface area (Å²) in [5, 5.41) is 1.19. The smallest absolute Gasteiger partial charge is 0.242 e. The van der Waals surface area contributed by atoms with Crippen molar-refractivity contribution in [2.24, 2.45) is 0 Å². The maximum atomic E-state index is 13.5. The molecule has 0 spiro atoms. The number of hydrogen-bond donors (Lipinski definition) is 1.